The Morgan fingerprint density at radius 3 is 2.92 bits per heavy atom. The molecule has 0 saturated heterocycles. The number of rotatable bonds is 1. The summed E-state index contributed by atoms with van der Waals surface area (Å²) < 4.78 is 2.50. The van der Waals surface area contributed by atoms with Gasteiger partial charge in [0.2, 0.25) is 0 Å². The van der Waals surface area contributed by atoms with Crippen molar-refractivity contribution in [2.45, 2.75) is 0 Å². The fourth-order valence-electron chi connectivity index (χ4n) is 0.963. The molecule has 0 unspecified atom stereocenters. The van der Waals surface area contributed by atoms with E-state index in [-0.39, 0.29) is 0 Å². The molecule has 0 bridgehead atoms. The fraction of sp³-hybridized carbons (Fsp3) is 0. The highest BCUT2D eigenvalue weighted by Crippen LogP contribution is 2.18. The van der Waals surface area contributed by atoms with E-state index in [1.165, 1.54) is 0 Å². The Hall–Kier alpha value is -0.870. The molecule has 2 aromatic heterocycles. The summed E-state index contributed by atoms with van der Waals surface area (Å²) >= 11 is 9.11. The van der Waals surface area contributed by atoms with Gasteiger partial charge in [0.1, 0.15) is 0 Å². The predicted octanol–water partition coefficient (Wildman–Crippen LogP) is 2.68. The summed E-state index contributed by atoms with van der Waals surface area (Å²) in [4.78, 5) is 4.16. The predicted molar refractivity (Wildman–Crippen MR) is 54.1 cm³/mol. The van der Waals surface area contributed by atoms with E-state index >= 15 is 0 Å². The third-order valence-corrected chi connectivity index (χ3v) is 2.32. The van der Waals surface area contributed by atoms with E-state index in [0.717, 1.165) is 10.3 Å². The van der Waals surface area contributed by atoms with Crippen LogP contribution in [0.2, 0.25) is 5.02 Å². The fourth-order valence-corrected chi connectivity index (χ4v) is 1.54. The molecule has 0 saturated carbocycles. The first-order chi connectivity index (χ1) is 6.27. The molecule has 0 N–H and O–H groups in total. The number of halogens is 2. The molecule has 5 heteroatoms. The van der Waals surface area contributed by atoms with E-state index < -0.39 is 0 Å². The molecule has 0 aliphatic heterocycles. The molecule has 0 radical (unpaired) electrons. The maximum Gasteiger partial charge on any atom is 0.167 e. The molecule has 2 aromatic rings. The minimum atomic E-state index is 0.595. The lowest BCUT2D eigenvalue weighted by molar-refractivity contribution is 0.842. The first kappa shape index (κ1) is 8.72. The van der Waals surface area contributed by atoms with Crippen LogP contribution < -0.4 is 0 Å². The second-order valence-corrected chi connectivity index (χ2v) is 3.70. The standard InChI is InChI=1S/C8H5BrClN3/c9-7-2-1-3-11-8(7)13-5-6(10)4-12-13/h1-5H. The van der Waals surface area contributed by atoms with Gasteiger partial charge in [-0.15, -0.1) is 0 Å². The topological polar surface area (TPSA) is 30.7 Å². The van der Waals surface area contributed by atoms with Crippen LogP contribution in [0.3, 0.4) is 0 Å². The van der Waals surface area contributed by atoms with Gasteiger partial charge in [0, 0.05) is 6.20 Å². The molecule has 0 aromatic carbocycles. The maximum absolute atomic E-state index is 5.74. The monoisotopic (exact) mass is 257 g/mol. The third-order valence-electron chi connectivity index (χ3n) is 1.51. The van der Waals surface area contributed by atoms with Crippen LogP contribution in [-0.2, 0) is 0 Å². The van der Waals surface area contributed by atoms with Crippen molar-refractivity contribution in [2.75, 3.05) is 0 Å². The highest BCUT2D eigenvalue weighted by Gasteiger charge is 2.03. The average Bonchev–Trinajstić information content (AvgIpc) is 2.53. The van der Waals surface area contributed by atoms with Gasteiger partial charge in [0.05, 0.1) is 21.9 Å². The molecular formula is C8H5BrClN3. The second-order valence-electron chi connectivity index (χ2n) is 2.41. The van der Waals surface area contributed by atoms with Crippen LogP contribution in [-0.4, -0.2) is 14.8 Å². The van der Waals surface area contributed by atoms with E-state index in [0.29, 0.717) is 5.02 Å². The minimum Gasteiger partial charge on any atom is -0.236 e. The number of pyridine rings is 1. The van der Waals surface area contributed by atoms with Crippen LogP contribution in [0.15, 0.2) is 35.2 Å². The van der Waals surface area contributed by atoms with Crippen LogP contribution in [0, 0.1) is 0 Å². The summed E-state index contributed by atoms with van der Waals surface area (Å²) in [7, 11) is 0. The highest BCUT2D eigenvalue weighted by molar-refractivity contribution is 9.10. The van der Waals surface area contributed by atoms with Crippen molar-refractivity contribution in [3.8, 4) is 5.82 Å². The van der Waals surface area contributed by atoms with E-state index in [4.69, 9.17) is 11.6 Å². The number of hydrogen-bond acceptors (Lipinski definition) is 2. The van der Waals surface area contributed by atoms with Gasteiger partial charge in [-0.1, -0.05) is 11.6 Å². The summed E-state index contributed by atoms with van der Waals surface area (Å²) in [6.07, 6.45) is 4.98. The molecule has 2 rings (SSSR count). The highest BCUT2D eigenvalue weighted by atomic mass is 79.9. The lowest BCUT2D eigenvalue weighted by Crippen LogP contribution is -1.97. The summed E-state index contributed by atoms with van der Waals surface area (Å²) in [6.45, 7) is 0. The van der Waals surface area contributed by atoms with Crippen molar-refractivity contribution in [3.05, 3.63) is 40.2 Å². The Balaban J connectivity index is 2.52. The molecule has 0 spiro atoms. The smallest absolute Gasteiger partial charge is 0.167 e. The lowest BCUT2D eigenvalue weighted by atomic mass is 10.5. The van der Waals surface area contributed by atoms with E-state index in [2.05, 4.69) is 26.0 Å². The minimum absolute atomic E-state index is 0.595. The van der Waals surface area contributed by atoms with Crippen molar-refractivity contribution in [2.24, 2.45) is 0 Å². The van der Waals surface area contributed by atoms with Gasteiger partial charge in [-0.25, -0.2) is 9.67 Å². The molecule has 0 aliphatic rings. The first-order valence-corrected chi connectivity index (χ1v) is 4.75. The van der Waals surface area contributed by atoms with E-state index in [1.807, 2.05) is 12.1 Å². The van der Waals surface area contributed by atoms with Gasteiger partial charge >= 0.3 is 0 Å². The molecular weight excluding hydrogens is 253 g/mol. The average molecular weight is 259 g/mol. The van der Waals surface area contributed by atoms with Crippen molar-refractivity contribution in [1.29, 1.82) is 0 Å². The largest absolute Gasteiger partial charge is 0.236 e. The molecule has 0 fully saturated rings. The van der Waals surface area contributed by atoms with Crippen LogP contribution in [0.25, 0.3) is 5.82 Å². The van der Waals surface area contributed by atoms with Crippen molar-refractivity contribution >= 4 is 27.5 Å². The SMILES string of the molecule is Clc1cnn(-c2ncccc2Br)c1. The normalized spacial score (nSPS) is 10.3. The molecule has 0 amide bonds. The number of aromatic nitrogens is 3. The summed E-state index contributed by atoms with van der Waals surface area (Å²) in [5.74, 6) is 0.731. The zero-order chi connectivity index (χ0) is 9.26. The molecule has 0 aliphatic carbocycles. The Bertz CT molecular complexity index is 427. The van der Waals surface area contributed by atoms with Gasteiger partial charge in [-0.2, -0.15) is 5.10 Å². The summed E-state index contributed by atoms with van der Waals surface area (Å²) in [5, 5.41) is 4.63. The quantitative estimate of drug-likeness (QED) is 0.787. The molecule has 66 valence electrons. The lowest BCUT2D eigenvalue weighted by Gasteiger charge is -2.00. The Labute approximate surface area is 88.5 Å². The van der Waals surface area contributed by atoms with Crippen LogP contribution in [0.4, 0.5) is 0 Å². The molecule has 13 heavy (non-hydrogen) atoms. The van der Waals surface area contributed by atoms with Gasteiger partial charge in [-0.3, -0.25) is 0 Å². The summed E-state index contributed by atoms with van der Waals surface area (Å²) in [5.41, 5.74) is 0. The number of nitrogens with zero attached hydrogens (tertiary/aromatic N) is 3. The Kier molecular flexibility index (Phi) is 2.33. The zero-order valence-electron chi connectivity index (χ0n) is 6.48. The van der Waals surface area contributed by atoms with E-state index in [1.54, 1.807) is 23.3 Å². The molecule has 3 nitrogen and oxygen atoms in total. The van der Waals surface area contributed by atoms with Gasteiger partial charge in [0.25, 0.3) is 0 Å². The van der Waals surface area contributed by atoms with Crippen LogP contribution >= 0.6 is 27.5 Å². The third kappa shape index (κ3) is 1.73. The van der Waals surface area contributed by atoms with Gasteiger partial charge in [-0.05, 0) is 28.1 Å². The van der Waals surface area contributed by atoms with Gasteiger partial charge in [0.15, 0.2) is 5.82 Å². The zero-order valence-corrected chi connectivity index (χ0v) is 8.83. The summed E-state index contributed by atoms with van der Waals surface area (Å²) in [6, 6.07) is 3.75. The Morgan fingerprint density at radius 1 is 1.46 bits per heavy atom. The maximum atomic E-state index is 5.74. The van der Waals surface area contributed by atoms with Crippen molar-refractivity contribution < 1.29 is 0 Å². The van der Waals surface area contributed by atoms with Crippen molar-refractivity contribution in [1.82, 2.24) is 14.8 Å². The van der Waals surface area contributed by atoms with Crippen LogP contribution in [0.5, 0.6) is 0 Å². The Morgan fingerprint density at radius 2 is 2.31 bits per heavy atom. The molecule has 0 atom stereocenters. The van der Waals surface area contributed by atoms with Crippen molar-refractivity contribution in [3.63, 3.8) is 0 Å². The molecule has 2 heterocycles. The first-order valence-electron chi connectivity index (χ1n) is 3.58. The van der Waals surface area contributed by atoms with E-state index in [9.17, 15) is 0 Å². The second kappa shape index (κ2) is 3.47. The van der Waals surface area contributed by atoms with Crippen LogP contribution in [0.1, 0.15) is 0 Å². The number of hydrogen-bond donors (Lipinski definition) is 0. The van der Waals surface area contributed by atoms with Gasteiger partial charge < -0.3 is 0 Å².